The first-order valence-electron chi connectivity index (χ1n) is 13.2. The van der Waals surface area contributed by atoms with Crippen molar-refractivity contribution in [1.82, 2.24) is 19.8 Å². The largest absolute Gasteiger partial charge is 0.492 e. The molecule has 7 nitrogen and oxygen atoms in total. The van der Waals surface area contributed by atoms with Crippen LogP contribution in [0.5, 0.6) is 5.75 Å². The molecule has 1 aromatic carbocycles. The minimum atomic E-state index is -2.73. The van der Waals surface area contributed by atoms with Gasteiger partial charge in [-0.3, -0.25) is 14.8 Å². The van der Waals surface area contributed by atoms with Gasteiger partial charge >= 0.3 is 0 Å². The molecule has 1 aliphatic heterocycles. The van der Waals surface area contributed by atoms with Gasteiger partial charge in [0.25, 0.3) is 12.3 Å². The monoisotopic (exact) mass is 533 g/mol. The average molecular weight is 534 g/mol. The highest BCUT2D eigenvalue weighted by Gasteiger charge is 2.32. The van der Waals surface area contributed by atoms with Crippen molar-refractivity contribution in [3.8, 4) is 22.9 Å². The van der Waals surface area contributed by atoms with Gasteiger partial charge in [-0.15, -0.1) is 0 Å². The number of nitrogens with zero attached hydrogens (tertiary/aromatic N) is 5. The van der Waals surface area contributed by atoms with Crippen LogP contribution >= 0.6 is 0 Å². The molecule has 1 aliphatic rings. The first-order valence-corrected chi connectivity index (χ1v) is 13.2. The van der Waals surface area contributed by atoms with Crippen LogP contribution in [0.25, 0.3) is 11.1 Å². The molecular weight excluding hydrogens is 500 g/mol. The molecule has 0 radical (unpaired) electrons. The van der Waals surface area contributed by atoms with Crippen molar-refractivity contribution < 1.29 is 18.3 Å². The molecule has 0 saturated carbocycles. The van der Waals surface area contributed by atoms with Crippen molar-refractivity contribution in [2.75, 3.05) is 33.3 Å². The SMILES string of the molecule is CCOc1cc(C(C)N2CCc3c(cc(CCN(C)CC)cc3-c3cccnc3C(F)F)C2=O)ncc1C#N. The molecule has 4 rings (SSSR count). The van der Waals surface area contributed by atoms with E-state index in [1.807, 2.05) is 33.0 Å². The Balaban J connectivity index is 1.76. The Kier molecular flexibility index (Phi) is 8.87. The Morgan fingerprint density at radius 2 is 1.95 bits per heavy atom. The van der Waals surface area contributed by atoms with Crippen LogP contribution in [0.4, 0.5) is 8.78 Å². The van der Waals surface area contributed by atoms with E-state index in [0.29, 0.717) is 59.7 Å². The Morgan fingerprint density at radius 1 is 1.18 bits per heavy atom. The van der Waals surface area contributed by atoms with Gasteiger partial charge in [-0.2, -0.15) is 5.26 Å². The van der Waals surface area contributed by atoms with Crippen molar-refractivity contribution in [2.45, 2.75) is 46.1 Å². The Bertz CT molecular complexity index is 1390. The molecule has 1 atom stereocenters. The summed E-state index contributed by atoms with van der Waals surface area (Å²) < 4.78 is 33.5. The summed E-state index contributed by atoms with van der Waals surface area (Å²) in [4.78, 5) is 26.3. The van der Waals surface area contributed by atoms with Gasteiger partial charge < -0.3 is 14.5 Å². The molecule has 0 fully saturated rings. The summed E-state index contributed by atoms with van der Waals surface area (Å²) in [5, 5.41) is 9.38. The Morgan fingerprint density at radius 3 is 2.64 bits per heavy atom. The molecule has 0 aliphatic carbocycles. The molecule has 3 heterocycles. The zero-order valence-electron chi connectivity index (χ0n) is 22.7. The summed E-state index contributed by atoms with van der Waals surface area (Å²) in [7, 11) is 2.02. The number of likely N-dealkylation sites (N-methyl/N-ethyl adjacent to an activating group) is 1. The van der Waals surface area contributed by atoms with E-state index in [-0.39, 0.29) is 17.6 Å². The minimum absolute atomic E-state index is 0.178. The van der Waals surface area contributed by atoms with E-state index in [9.17, 15) is 18.8 Å². The van der Waals surface area contributed by atoms with E-state index < -0.39 is 6.43 Å². The molecule has 0 bridgehead atoms. The lowest BCUT2D eigenvalue weighted by atomic mass is 9.86. The number of fused-ring (bicyclic) bond motifs is 1. The topological polar surface area (TPSA) is 82.3 Å². The summed E-state index contributed by atoms with van der Waals surface area (Å²) in [6.45, 7) is 8.24. The van der Waals surface area contributed by atoms with Crippen molar-refractivity contribution in [3.05, 3.63) is 76.4 Å². The van der Waals surface area contributed by atoms with Gasteiger partial charge in [-0.05, 0) is 69.1 Å². The third-order valence-electron chi connectivity index (χ3n) is 7.26. The second-order valence-corrected chi connectivity index (χ2v) is 9.63. The quantitative estimate of drug-likeness (QED) is 0.337. The number of pyridine rings is 2. The van der Waals surface area contributed by atoms with Crippen LogP contribution in [0.3, 0.4) is 0 Å². The lowest BCUT2D eigenvalue weighted by Gasteiger charge is -2.35. The number of alkyl halides is 2. The summed E-state index contributed by atoms with van der Waals surface area (Å²) in [5.74, 6) is 0.254. The van der Waals surface area contributed by atoms with E-state index in [0.717, 1.165) is 24.2 Å². The third-order valence-corrected chi connectivity index (χ3v) is 7.26. The number of ether oxygens (including phenoxy) is 1. The summed E-state index contributed by atoms with van der Waals surface area (Å²) in [6.07, 6.45) is 1.28. The van der Waals surface area contributed by atoms with Crippen LogP contribution in [-0.2, 0) is 12.8 Å². The lowest BCUT2D eigenvalue weighted by Crippen LogP contribution is -2.40. The number of carbonyl (C=O) groups is 1. The lowest BCUT2D eigenvalue weighted by molar-refractivity contribution is 0.0669. The molecule has 0 spiro atoms. The number of rotatable bonds is 10. The van der Waals surface area contributed by atoms with E-state index >= 15 is 0 Å². The van der Waals surface area contributed by atoms with Crippen LogP contribution in [0.2, 0.25) is 0 Å². The van der Waals surface area contributed by atoms with Crippen molar-refractivity contribution in [3.63, 3.8) is 0 Å². The molecule has 2 aromatic heterocycles. The normalized spacial score (nSPS) is 13.9. The second kappa shape index (κ2) is 12.3. The number of hydrogen-bond donors (Lipinski definition) is 0. The number of nitriles is 1. The maximum absolute atomic E-state index is 14.0. The number of halogens is 2. The van der Waals surface area contributed by atoms with E-state index in [1.165, 1.54) is 12.4 Å². The molecule has 0 saturated heterocycles. The smallest absolute Gasteiger partial charge is 0.280 e. The molecular formula is C30H33F2N5O2. The van der Waals surface area contributed by atoms with Crippen molar-refractivity contribution in [1.29, 1.82) is 5.26 Å². The second-order valence-electron chi connectivity index (χ2n) is 9.63. The molecule has 3 aromatic rings. The third kappa shape index (κ3) is 5.91. The molecule has 204 valence electrons. The highest BCUT2D eigenvalue weighted by molar-refractivity contribution is 5.99. The highest BCUT2D eigenvalue weighted by Crippen LogP contribution is 2.38. The predicted molar refractivity (Wildman–Crippen MR) is 145 cm³/mol. The molecule has 39 heavy (non-hydrogen) atoms. The van der Waals surface area contributed by atoms with Gasteiger partial charge in [-0.1, -0.05) is 19.1 Å². The number of amides is 1. The first kappa shape index (κ1) is 28.1. The number of benzene rings is 1. The van der Waals surface area contributed by atoms with E-state index in [2.05, 4.69) is 27.9 Å². The van der Waals surface area contributed by atoms with Crippen LogP contribution in [0, 0.1) is 11.3 Å². The molecule has 1 unspecified atom stereocenters. The highest BCUT2D eigenvalue weighted by atomic mass is 19.3. The summed E-state index contributed by atoms with van der Waals surface area (Å²) >= 11 is 0. The average Bonchev–Trinajstić information content (AvgIpc) is 2.95. The Hall–Kier alpha value is -3.90. The fourth-order valence-electron chi connectivity index (χ4n) is 4.93. The molecule has 9 heteroatoms. The van der Waals surface area contributed by atoms with E-state index in [1.54, 1.807) is 23.1 Å². The van der Waals surface area contributed by atoms with Gasteiger partial charge in [-0.25, -0.2) is 8.78 Å². The number of aromatic nitrogens is 2. The zero-order chi connectivity index (χ0) is 28.1. The van der Waals surface area contributed by atoms with Gasteiger partial charge in [0.2, 0.25) is 0 Å². The van der Waals surface area contributed by atoms with Gasteiger partial charge in [0.05, 0.1) is 18.3 Å². The molecule has 1 amide bonds. The van der Waals surface area contributed by atoms with Crippen LogP contribution < -0.4 is 4.74 Å². The van der Waals surface area contributed by atoms with Gasteiger partial charge in [0.15, 0.2) is 0 Å². The van der Waals surface area contributed by atoms with Crippen molar-refractivity contribution in [2.24, 2.45) is 0 Å². The zero-order valence-corrected chi connectivity index (χ0v) is 22.7. The summed E-state index contributed by atoms with van der Waals surface area (Å²) in [5.41, 5.74) is 3.85. The molecule has 0 N–H and O–H groups in total. The van der Waals surface area contributed by atoms with Crippen LogP contribution in [0.1, 0.15) is 71.7 Å². The van der Waals surface area contributed by atoms with Crippen molar-refractivity contribution >= 4 is 5.91 Å². The fourth-order valence-corrected chi connectivity index (χ4v) is 4.93. The van der Waals surface area contributed by atoms with Gasteiger partial charge in [0, 0.05) is 42.7 Å². The minimum Gasteiger partial charge on any atom is -0.492 e. The Labute approximate surface area is 228 Å². The maximum atomic E-state index is 14.0. The predicted octanol–water partition coefficient (Wildman–Crippen LogP) is 5.61. The summed E-state index contributed by atoms with van der Waals surface area (Å²) in [6, 6.07) is 10.6. The van der Waals surface area contributed by atoms with Gasteiger partial charge in [0.1, 0.15) is 23.1 Å². The van der Waals surface area contributed by atoms with Crippen LogP contribution in [0.15, 0.2) is 42.7 Å². The number of hydrogen-bond acceptors (Lipinski definition) is 6. The fraction of sp³-hybridized carbons (Fsp3) is 0.400. The van der Waals surface area contributed by atoms with Crippen LogP contribution in [-0.4, -0.2) is 59.0 Å². The maximum Gasteiger partial charge on any atom is 0.280 e. The van der Waals surface area contributed by atoms with E-state index in [4.69, 9.17) is 4.74 Å². The first-order chi connectivity index (χ1) is 18.8. The standard InChI is InChI=1S/C30H33F2N5O2/c1-5-36(4)12-9-20-14-24(23-8-7-11-34-28(23)29(31)32)22-10-13-37(30(38)25(22)15-20)19(3)26-16-27(39-6-2)21(17-33)18-35-26/h7-8,11,14-16,18-19,29H,5-6,9-10,12-13H2,1-4H3. The number of carbonyl (C=O) groups excluding carboxylic acids is 1.